The summed E-state index contributed by atoms with van der Waals surface area (Å²) < 4.78 is 7.65. The molecule has 1 saturated carbocycles. The lowest BCUT2D eigenvalue weighted by Crippen LogP contribution is -2.40. The molecule has 2 aromatic carbocycles. The highest BCUT2D eigenvalue weighted by atomic mass is 16.5. The first kappa shape index (κ1) is 28.6. The molecule has 2 aliphatic rings. The van der Waals surface area contributed by atoms with Gasteiger partial charge in [-0.25, -0.2) is 14.4 Å². The molecule has 0 spiro atoms. The molecule has 2 aliphatic carbocycles. The van der Waals surface area contributed by atoms with Crippen molar-refractivity contribution in [2.75, 3.05) is 0 Å². The number of aliphatic imine (C=N–C) groups is 2. The van der Waals surface area contributed by atoms with Crippen molar-refractivity contribution in [3.63, 3.8) is 0 Å². The van der Waals surface area contributed by atoms with Gasteiger partial charge in [-0.1, -0.05) is 55.7 Å². The maximum Gasteiger partial charge on any atom is 0.459 e. The zero-order chi connectivity index (χ0) is 29.1. The van der Waals surface area contributed by atoms with Gasteiger partial charge in [-0.2, -0.15) is 19.7 Å². The Kier molecular flexibility index (Phi) is 8.32. The van der Waals surface area contributed by atoms with E-state index in [1.807, 2.05) is 32.9 Å². The first-order valence-corrected chi connectivity index (χ1v) is 14.5. The van der Waals surface area contributed by atoms with E-state index in [0.29, 0.717) is 25.1 Å². The topological polar surface area (TPSA) is 133 Å². The third-order valence-electron chi connectivity index (χ3n) is 8.80. The van der Waals surface area contributed by atoms with Gasteiger partial charge in [-0.05, 0) is 86.3 Å². The maximum absolute atomic E-state index is 12.9. The summed E-state index contributed by atoms with van der Waals surface area (Å²) in [5.74, 6) is -0.0346. The summed E-state index contributed by atoms with van der Waals surface area (Å²) in [4.78, 5) is 47.5. The molecule has 41 heavy (non-hydrogen) atoms. The zero-order valence-electron chi connectivity index (χ0n) is 23.9. The summed E-state index contributed by atoms with van der Waals surface area (Å²) in [5, 5.41) is 0. The monoisotopic (exact) mass is 555 g/mol. The van der Waals surface area contributed by atoms with Crippen LogP contribution in [0.25, 0.3) is 0 Å². The Labute approximate surface area is 239 Å². The van der Waals surface area contributed by atoms with Crippen molar-refractivity contribution in [3.8, 4) is 0 Å². The van der Waals surface area contributed by atoms with E-state index in [1.165, 1.54) is 0 Å². The minimum Gasteiger partial charge on any atom is -0.328 e. The molecule has 1 aromatic heterocycles. The van der Waals surface area contributed by atoms with Gasteiger partial charge < -0.3 is 10.3 Å². The van der Waals surface area contributed by atoms with Crippen LogP contribution in [0.3, 0.4) is 0 Å². The third-order valence-corrected chi connectivity index (χ3v) is 8.80. The number of fused-ring (bicyclic) bond motifs is 2. The number of rotatable bonds is 8. The second-order valence-corrected chi connectivity index (χ2v) is 11.6. The molecule has 0 amide bonds. The fraction of sp³-hybridized carbons (Fsp3) is 0.500. The van der Waals surface area contributed by atoms with Gasteiger partial charge in [0.05, 0.1) is 23.5 Å². The number of aryl methyl sites for hydroxylation is 2. The van der Waals surface area contributed by atoms with Gasteiger partial charge in [0, 0.05) is 6.04 Å². The van der Waals surface area contributed by atoms with Crippen molar-refractivity contribution in [2.24, 2.45) is 15.7 Å². The Morgan fingerprint density at radius 1 is 0.951 bits per heavy atom. The van der Waals surface area contributed by atoms with Crippen molar-refractivity contribution < 1.29 is 14.1 Å². The highest BCUT2D eigenvalue weighted by Gasteiger charge is 2.47. The van der Waals surface area contributed by atoms with Gasteiger partial charge in [0.1, 0.15) is 0 Å². The van der Waals surface area contributed by atoms with Crippen molar-refractivity contribution in [2.45, 2.75) is 102 Å². The summed E-state index contributed by atoms with van der Waals surface area (Å²) in [6.07, 6.45) is 10.4. The minimum atomic E-state index is -0.871. The van der Waals surface area contributed by atoms with Gasteiger partial charge in [-0.3, -0.25) is 0 Å². The smallest absolute Gasteiger partial charge is 0.328 e. The van der Waals surface area contributed by atoms with Crippen molar-refractivity contribution in [1.82, 2.24) is 9.72 Å². The van der Waals surface area contributed by atoms with Crippen LogP contribution in [-0.2, 0) is 27.8 Å². The number of benzene rings is 2. The molecule has 3 aromatic rings. The van der Waals surface area contributed by atoms with E-state index < -0.39 is 11.2 Å². The Bertz CT molecular complexity index is 1490. The van der Waals surface area contributed by atoms with E-state index in [4.69, 9.17) is 10.3 Å². The predicted molar refractivity (Wildman–Crippen MR) is 154 cm³/mol. The van der Waals surface area contributed by atoms with Gasteiger partial charge in [-0.15, -0.1) is 0 Å². The zero-order valence-corrected chi connectivity index (χ0v) is 23.9. The van der Waals surface area contributed by atoms with Crippen LogP contribution in [0, 0.1) is 0 Å². The first-order chi connectivity index (χ1) is 19.8. The lowest BCUT2D eigenvalue weighted by atomic mass is 9.67. The molecule has 9 heteroatoms. The molecule has 0 saturated heterocycles. The fourth-order valence-electron chi connectivity index (χ4n) is 6.88. The maximum atomic E-state index is 12.9. The lowest BCUT2D eigenvalue weighted by molar-refractivity contribution is 0.156. The normalized spacial score (nSPS) is 20.9. The third kappa shape index (κ3) is 5.41. The van der Waals surface area contributed by atoms with Crippen LogP contribution < -0.4 is 11.5 Å². The van der Waals surface area contributed by atoms with Crippen LogP contribution in [0.5, 0.6) is 0 Å². The van der Waals surface area contributed by atoms with Crippen LogP contribution in [0.15, 0.2) is 55.7 Å². The fourth-order valence-corrected chi connectivity index (χ4v) is 6.88. The Balaban J connectivity index is 1.83. The van der Waals surface area contributed by atoms with E-state index in [1.54, 1.807) is 16.9 Å². The summed E-state index contributed by atoms with van der Waals surface area (Å²) in [5.41, 5.74) is 11.8. The van der Waals surface area contributed by atoms with Crippen LogP contribution >= 0.6 is 0 Å². The summed E-state index contributed by atoms with van der Waals surface area (Å²) in [6, 6.07) is 11.5. The van der Waals surface area contributed by atoms with E-state index in [-0.39, 0.29) is 24.2 Å². The molecule has 2 N–H and O–H groups in total. The molecule has 2 unspecified atom stereocenters. The lowest BCUT2D eigenvalue weighted by Gasteiger charge is -2.38. The van der Waals surface area contributed by atoms with E-state index in [9.17, 15) is 14.4 Å². The standard InChI is InChI=1S/C32H37N5O4/c1-20(33)17-32(30-36-31(40)41-37(30)27-7-5-4-6-8-27)28-13-11-23(21(2)34-18-38)15-25(28)9-10-26-16-24(12-14-29(26)32)22(3)35-19-39/h11-16,20-22,27H,4-10,17,33H2,1-3H3/t20-,21?,22?,32?/m1/s1. The number of hydrogen-bond acceptors (Lipinski definition) is 8. The molecule has 5 rings (SSSR count). The number of carbonyl (C=O) groups excluding carboxylic acids is 2. The molecular weight excluding hydrogens is 518 g/mol. The van der Waals surface area contributed by atoms with Gasteiger partial charge in [0.2, 0.25) is 12.2 Å². The highest BCUT2D eigenvalue weighted by Crippen LogP contribution is 2.49. The summed E-state index contributed by atoms with van der Waals surface area (Å²) in [6.45, 7) is 5.71. The van der Waals surface area contributed by atoms with Crippen LogP contribution in [0.2, 0.25) is 0 Å². The Hall–Kier alpha value is -3.90. The minimum absolute atomic E-state index is 0.0384. The van der Waals surface area contributed by atoms with E-state index >= 15 is 0 Å². The molecule has 214 valence electrons. The van der Waals surface area contributed by atoms with Gasteiger partial charge in [0.15, 0.2) is 5.82 Å². The number of nitrogens with zero attached hydrogens (tertiary/aromatic N) is 4. The highest BCUT2D eigenvalue weighted by molar-refractivity contribution is 5.57. The van der Waals surface area contributed by atoms with Crippen LogP contribution in [0.1, 0.15) is 117 Å². The van der Waals surface area contributed by atoms with Crippen molar-refractivity contribution in [1.29, 1.82) is 0 Å². The largest absolute Gasteiger partial charge is 0.459 e. The Morgan fingerprint density at radius 2 is 1.49 bits per heavy atom. The van der Waals surface area contributed by atoms with Gasteiger partial charge in [0.25, 0.3) is 0 Å². The second-order valence-electron chi connectivity index (χ2n) is 11.6. The molecule has 0 aliphatic heterocycles. The summed E-state index contributed by atoms with van der Waals surface area (Å²) in [7, 11) is 0. The van der Waals surface area contributed by atoms with E-state index in [0.717, 1.165) is 65.5 Å². The van der Waals surface area contributed by atoms with Crippen molar-refractivity contribution in [3.05, 3.63) is 86.2 Å². The molecule has 0 bridgehead atoms. The average Bonchev–Trinajstić information content (AvgIpc) is 3.31. The molecule has 0 radical (unpaired) electrons. The second kappa shape index (κ2) is 11.9. The van der Waals surface area contributed by atoms with Crippen molar-refractivity contribution >= 4 is 12.2 Å². The van der Waals surface area contributed by atoms with Gasteiger partial charge >= 0.3 is 5.76 Å². The molecule has 1 fully saturated rings. The number of isocyanates is 2. The first-order valence-electron chi connectivity index (χ1n) is 14.5. The van der Waals surface area contributed by atoms with Crippen LogP contribution in [-0.4, -0.2) is 27.9 Å². The number of aromatic nitrogens is 2. The SMILES string of the molecule is CC(N=C=O)c1ccc2c(c1)CCc1cc(C(C)N=C=O)ccc1C2(C[C@@H](C)N)c1nc(=O)on1C1CCCCC1. The molecule has 3 atom stereocenters. The summed E-state index contributed by atoms with van der Waals surface area (Å²) >= 11 is 0. The Morgan fingerprint density at radius 3 is 1.98 bits per heavy atom. The number of hydrogen-bond donors (Lipinski definition) is 1. The number of nitrogens with two attached hydrogens (primary N) is 1. The average molecular weight is 556 g/mol. The molecule has 1 heterocycles. The predicted octanol–water partition coefficient (Wildman–Crippen LogP) is 5.31. The van der Waals surface area contributed by atoms with Crippen LogP contribution in [0.4, 0.5) is 0 Å². The molecule has 9 nitrogen and oxygen atoms in total. The molecular formula is C32H37N5O4. The van der Waals surface area contributed by atoms with E-state index in [2.05, 4.69) is 39.2 Å². The quantitative estimate of drug-likeness (QED) is 0.296.